The number of hydrogen-bond donors (Lipinski definition) is 0. The molecule has 0 spiro atoms. The molecule has 1 aromatic carbocycles. The minimum absolute atomic E-state index is 0.130. The minimum Gasteiger partial charge on any atom is -0.467 e. The highest BCUT2D eigenvalue weighted by Crippen LogP contribution is 2.41. The van der Waals surface area contributed by atoms with Crippen LogP contribution in [0.3, 0.4) is 0 Å². The summed E-state index contributed by atoms with van der Waals surface area (Å²) in [4.78, 5) is 11.9. The topological polar surface area (TPSA) is 75.0 Å². The van der Waals surface area contributed by atoms with Gasteiger partial charge < -0.3 is 9.47 Å². The normalized spacial score (nSPS) is 12.4. The van der Waals surface area contributed by atoms with E-state index in [2.05, 4.69) is 42.1 Å². The first-order valence-electron chi connectivity index (χ1n) is 8.78. The summed E-state index contributed by atoms with van der Waals surface area (Å²) in [6.07, 6.45) is -1.61. The fourth-order valence-electron chi connectivity index (χ4n) is 3.11. The molecule has 0 fully saturated rings. The van der Waals surface area contributed by atoms with Crippen molar-refractivity contribution in [3.05, 3.63) is 34.9 Å². The van der Waals surface area contributed by atoms with Crippen molar-refractivity contribution < 1.29 is 27.0 Å². The standard InChI is InChI=1S/C18H12ClF4IN5O2P/c1-7-3-10-8(5-26-29(10)32-24)11(12(7)19)15-13(20)14-9(4-25-15)16(28-17(27-14)30-2)31-6-18(21,22)23/h3-5,32H,6H2,1-2H3. The van der Waals surface area contributed by atoms with Gasteiger partial charge in [-0.05, 0) is 40.6 Å². The van der Waals surface area contributed by atoms with Crippen LogP contribution < -0.4 is 9.47 Å². The number of benzene rings is 1. The van der Waals surface area contributed by atoms with Gasteiger partial charge in [-0.25, -0.2) is 8.84 Å². The number of aromatic nitrogens is 5. The zero-order valence-electron chi connectivity index (χ0n) is 16.3. The van der Waals surface area contributed by atoms with Gasteiger partial charge >= 0.3 is 12.2 Å². The third kappa shape index (κ3) is 4.15. The zero-order valence-corrected chi connectivity index (χ0v) is 20.2. The van der Waals surface area contributed by atoms with Crippen LogP contribution in [0.15, 0.2) is 18.5 Å². The number of rotatable bonds is 5. The Hall–Kier alpha value is -2.05. The van der Waals surface area contributed by atoms with Gasteiger partial charge in [0.15, 0.2) is 12.4 Å². The number of halogens is 6. The largest absolute Gasteiger partial charge is 0.467 e. The summed E-state index contributed by atoms with van der Waals surface area (Å²) in [7, 11) is 1.20. The lowest BCUT2D eigenvalue weighted by molar-refractivity contribution is -0.153. The second-order valence-corrected chi connectivity index (χ2v) is 8.98. The van der Waals surface area contributed by atoms with Crippen LogP contribution in [0.4, 0.5) is 17.6 Å². The van der Waals surface area contributed by atoms with Crippen molar-refractivity contribution in [1.82, 2.24) is 24.5 Å². The lowest BCUT2D eigenvalue weighted by Crippen LogP contribution is -2.20. The highest BCUT2D eigenvalue weighted by atomic mass is 127. The lowest BCUT2D eigenvalue weighted by atomic mass is 10.0. The second-order valence-electron chi connectivity index (χ2n) is 6.56. The molecule has 14 heteroatoms. The number of aryl methyl sites for hydroxylation is 1. The van der Waals surface area contributed by atoms with E-state index in [-0.39, 0.29) is 27.6 Å². The van der Waals surface area contributed by atoms with Gasteiger partial charge in [0.05, 0.1) is 35.6 Å². The molecule has 3 aromatic heterocycles. The second kappa shape index (κ2) is 8.71. The maximum atomic E-state index is 15.7. The van der Waals surface area contributed by atoms with Gasteiger partial charge in [-0.2, -0.15) is 28.2 Å². The Morgan fingerprint density at radius 2 is 1.97 bits per heavy atom. The number of alkyl halides is 3. The third-order valence-electron chi connectivity index (χ3n) is 4.50. The average molecular weight is 600 g/mol. The summed E-state index contributed by atoms with van der Waals surface area (Å²) in [6.45, 7) is 0.151. The van der Waals surface area contributed by atoms with Gasteiger partial charge in [-0.3, -0.25) is 4.98 Å². The summed E-state index contributed by atoms with van der Waals surface area (Å²) in [5.41, 5.74) is 1.28. The summed E-state index contributed by atoms with van der Waals surface area (Å²) in [5, 5.41) is 5.01. The molecule has 0 aliphatic heterocycles. The summed E-state index contributed by atoms with van der Waals surface area (Å²) >= 11 is 8.69. The van der Waals surface area contributed by atoms with Crippen molar-refractivity contribution in [2.75, 3.05) is 13.7 Å². The molecule has 7 nitrogen and oxygen atoms in total. The molecule has 1 unspecified atom stereocenters. The molecule has 32 heavy (non-hydrogen) atoms. The van der Waals surface area contributed by atoms with Gasteiger partial charge in [0, 0.05) is 17.1 Å². The van der Waals surface area contributed by atoms with E-state index in [1.54, 1.807) is 17.6 Å². The monoisotopic (exact) mass is 599 g/mol. The molecule has 1 atom stereocenters. The Morgan fingerprint density at radius 1 is 1.22 bits per heavy atom. The van der Waals surface area contributed by atoms with E-state index >= 15 is 4.39 Å². The fraction of sp³-hybridized carbons (Fsp3) is 0.222. The number of pyridine rings is 1. The smallest absolute Gasteiger partial charge is 0.422 e. The van der Waals surface area contributed by atoms with E-state index in [9.17, 15) is 13.2 Å². The SMILES string of the molecule is COc1nc(OCC(F)(F)F)c2cnc(-c3c(Cl)c(C)cc4c3cnn4PI)c(F)c2n1. The number of ether oxygens (including phenoxy) is 2. The maximum Gasteiger partial charge on any atom is 0.422 e. The highest BCUT2D eigenvalue weighted by Gasteiger charge is 2.30. The van der Waals surface area contributed by atoms with Crippen LogP contribution in [0, 0.1) is 12.7 Å². The van der Waals surface area contributed by atoms with Crippen molar-refractivity contribution in [3.8, 4) is 23.1 Å². The quantitative estimate of drug-likeness (QED) is 0.162. The van der Waals surface area contributed by atoms with Crippen LogP contribution in [-0.4, -0.2) is 44.4 Å². The highest BCUT2D eigenvalue weighted by molar-refractivity contribution is 14.2. The maximum absolute atomic E-state index is 15.7. The van der Waals surface area contributed by atoms with Gasteiger partial charge in [0.2, 0.25) is 5.88 Å². The van der Waals surface area contributed by atoms with Crippen LogP contribution in [0.2, 0.25) is 5.02 Å². The van der Waals surface area contributed by atoms with Gasteiger partial charge in [0.25, 0.3) is 0 Å². The predicted molar refractivity (Wildman–Crippen MR) is 122 cm³/mol. The Bertz CT molecular complexity index is 1350. The molecule has 0 radical (unpaired) electrons. The first-order chi connectivity index (χ1) is 15.1. The van der Waals surface area contributed by atoms with Crippen LogP contribution in [-0.2, 0) is 0 Å². The molecule has 168 valence electrons. The van der Waals surface area contributed by atoms with E-state index in [0.29, 0.717) is 22.9 Å². The van der Waals surface area contributed by atoms with Crippen molar-refractivity contribution in [1.29, 1.82) is 0 Å². The molecule has 3 heterocycles. The molecular weight excluding hydrogens is 588 g/mol. The Labute approximate surface area is 197 Å². The van der Waals surface area contributed by atoms with Crippen LogP contribution >= 0.6 is 40.0 Å². The van der Waals surface area contributed by atoms with E-state index < -0.39 is 24.5 Å². The number of hydrogen-bond acceptors (Lipinski definition) is 6. The van der Waals surface area contributed by atoms with E-state index in [0.717, 1.165) is 11.7 Å². The molecule has 4 rings (SSSR count). The molecule has 0 saturated carbocycles. The van der Waals surface area contributed by atoms with Gasteiger partial charge in [-0.15, -0.1) is 0 Å². The molecule has 4 aromatic rings. The Kier molecular flexibility index (Phi) is 6.29. The predicted octanol–water partition coefficient (Wildman–Crippen LogP) is 5.88. The Morgan fingerprint density at radius 3 is 2.62 bits per heavy atom. The number of nitrogens with zero attached hydrogens (tertiary/aromatic N) is 5. The van der Waals surface area contributed by atoms with E-state index in [1.165, 1.54) is 7.11 Å². The summed E-state index contributed by atoms with van der Waals surface area (Å²) < 4.78 is 65.0. The van der Waals surface area contributed by atoms with Crippen molar-refractivity contribution in [2.45, 2.75) is 13.1 Å². The first kappa shape index (κ1) is 23.1. The zero-order chi connectivity index (χ0) is 23.2. The lowest BCUT2D eigenvalue weighted by Gasteiger charge is -2.14. The fourth-order valence-corrected chi connectivity index (χ4v) is 4.89. The van der Waals surface area contributed by atoms with E-state index in [1.807, 2.05) is 6.07 Å². The summed E-state index contributed by atoms with van der Waals surface area (Å²) in [6, 6.07) is 1.48. The molecule has 0 bridgehead atoms. The van der Waals surface area contributed by atoms with E-state index in [4.69, 9.17) is 21.1 Å². The molecule has 0 aliphatic carbocycles. The Balaban J connectivity index is 1.97. The molecule has 0 saturated heterocycles. The van der Waals surface area contributed by atoms with Crippen LogP contribution in [0.1, 0.15) is 5.56 Å². The van der Waals surface area contributed by atoms with Crippen molar-refractivity contribution in [2.24, 2.45) is 0 Å². The molecule has 0 aliphatic rings. The number of fused-ring (bicyclic) bond motifs is 2. The van der Waals surface area contributed by atoms with Crippen LogP contribution in [0.5, 0.6) is 11.9 Å². The molecule has 0 N–H and O–H groups in total. The van der Waals surface area contributed by atoms with Crippen molar-refractivity contribution in [3.63, 3.8) is 0 Å². The van der Waals surface area contributed by atoms with Crippen molar-refractivity contribution >= 4 is 61.8 Å². The van der Waals surface area contributed by atoms with Crippen LogP contribution in [0.25, 0.3) is 33.1 Å². The average Bonchev–Trinajstić information content (AvgIpc) is 3.15. The minimum atomic E-state index is -4.61. The first-order valence-corrected chi connectivity index (χ1v) is 13.2. The summed E-state index contributed by atoms with van der Waals surface area (Å²) in [5.74, 6) is -1.40. The number of methoxy groups -OCH3 is 1. The third-order valence-corrected chi connectivity index (χ3v) is 6.87. The molecule has 0 amide bonds. The van der Waals surface area contributed by atoms with Gasteiger partial charge in [-0.1, -0.05) is 11.6 Å². The van der Waals surface area contributed by atoms with Gasteiger partial charge in [0.1, 0.15) is 11.2 Å². The molecular formula is C18H12ClF4IN5O2P.